The Balaban J connectivity index is 2.12. The predicted molar refractivity (Wildman–Crippen MR) is 87.7 cm³/mol. The number of benzene rings is 2. The minimum atomic E-state index is -3.74. The maximum atomic E-state index is 13.5. The van der Waals surface area contributed by atoms with E-state index in [1.165, 1.54) is 32.3 Å². The number of ether oxygens (including phenoxy) is 1. The summed E-state index contributed by atoms with van der Waals surface area (Å²) in [5.41, 5.74) is 0.0675. The van der Waals surface area contributed by atoms with Crippen LogP contribution in [-0.4, -0.2) is 39.3 Å². The molecule has 0 radical (unpaired) electrons. The van der Waals surface area contributed by atoms with Crippen LogP contribution in [0.3, 0.4) is 0 Å². The SMILES string of the molecule is CN(C)S(=O)(=O)c1cccc(NC(=O)COc2c(F)c(F)cc(F)c2F)c1. The lowest BCUT2D eigenvalue weighted by Gasteiger charge is -2.13. The van der Waals surface area contributed by atoms with Crippen LogP contribution in [0.5, 0.6) is 5.75 Å². The second-order valence-electron chi connectivity index (χ2n) is 5.45. The molecule has 2 aromatic carbocycles. The van der Waals surface area contributed by atoms with E-state index in [1.807, 2.05) is 0 Å². The van der Waals surface area contributed by atoms with E-state index in [0.717, 1.165) is 10.4 Å². The van der Waals surface area contributed by atoms with Gasteiger partial charge < -0.3 is 10.1 Å². The van der Waals surface area contributed by atoms with Crippen molar-refractivity contribution in [3.05, 3.63) is 53.6 Å². The van der Waals surface area contributed by atoms with Gasteiger partial charge in [0.1, 0.15) is 0 Å². The molecule has 0 aliphatic carbocycles. The molecule has 0 aliphatic heterocycles. The molecule has 11 heteroatoms. The van der Waals surface area contributed by atoms with E-state index in [-0.39, 0.29) is 16.6 Å². The number of carbonyl (C=O) groups excluding carboxylic acids is 1. The van der Waals surface area contributed by atoms with Crippen molar-refractivity contribution in [2.24, 2.45) is 0 Å². The van der Waals surface area contributed by atoms with Gasteiger partial charge in [-0.15, -0.1) is 0 Å². The van der Waals surface area contributed by atoms with E-state index < -0.39 is 51.6 Å². The van der Waals surface area contributed by atoms with Gasteiger partial charge in [-0.1, -0.05) is 6.07 Å². The van der Waals surface area contributed by atoms with Gasteiger partial charge in [0.2, 0.25) is 21.7 Å². The molecule has 0 spiro atoms. The Kier molecular flexibility index (Phi) is 6.06. The van der Waals surface area contributed by atoms with Crippen molar-refractivity contribution >= 4 is 21.6 Å². The molecule has 0 unspecified atom stereocenters. The average molecular weight is 406 g/mol. The normalized spacial score (nSPS) is 11.5. The number of amides is 1. The Morgan fingerprint density at radius 2 is 1.67 bits per heavy atom. The summed E-state index contributed by atoms with van der Waals surface area (Å²) in [6.45, 7) is -0.971. The third-order valence-electron chi connectivity index (χ3n) is 3.32. The highest BCUT2D eigenvalue weighted by molar-refractivity contribution is 7.89. The molecule has 0 heterocycles. The maximum Gasteiger partial charge on any atom is 0.262 e. The Hall–Kier alpha value is -2.66. The van der Waals surface area contributed by atoms with Crippen LogP contribution in [0.2, 0.25) is 0 Å². The van der Waals surface area contributed by atoms with Crippen LogP contribution in [0.1, 0.15) is 0 Å². The van der Waals surface area contributed by atoms with Crippen LogP contribution in [0.4, 0.5) is 23.2 Å². The lowest BCUT2D eigenvalue weighted by molar-refractivity contribution is -0.118. The number of hydrogen-bond donors (Lipinski definition) is 1. The third kappa shape index (κ3) is 4.55. The third-order valence-corrected chi connectivity index (χ3v) is 5.13. The number of rotatable bonds is 6. The molecule has 1 N–H and O–H groups in total. The summed E-state index contributed by atoms with van der Waals surface area (Å²) in [4.78, 5) is 11.7. The van der Waals surface area contributed by atoms with Crippen LogP contribution in [0.15, 0.2) is 35.2 Å². The van der Waals surface area contributed by atoms with E-state index >= 15 is 0 Å². The van der Waals surface area contributed by atoms with Crippen molar-refractivity contribution in [3.8, 4) is 5.75 Å². The average Bonchev–Trinajstić information content (AvgIpc) is 2.60. The summed E-state index contributed by atoms with van der Waals surface area (Å²) in [5, 5.41) is 2.25. The molecule has 0 fully saturated rings. The monoisotopic (exact) mass is 406 g/mol. The topological polar surface area (TPSA) is 75.7 Å². The highest BCUT2D eigenvalue weighted by Gasteiger charge is 2.22. The molecular formula is C16H14F4N2O4S. The number of hydrogen-bond acceptors (Lipinski definition) is 4. The van der Waals surface area contributed by atoms with Crippen molar-refractivity contribution in [2.45, 2.75) is 4.90 Å². The number of anilines is 1. The zero-order chi connectivity index (χ0) is 20.4. The lowest BCUT2D eigenvalue weighted by atomic mass is 10.3. The first-order valence-corrected chi connectivity index (χ1v) is 8.76. The number of halogens is 4. The van der Waals surface area contributed by atoms with Crippen LogP contribution in [0, 0.1) is 23.3 Å². The van der Waals surface area contributed by atoms with Gasteiger partial charge in [0.05, 0.1) is 4.90 Å². The van der Waals surface area contributed by atoms with Gasteiger partial charge in [-0.3, -0.25) is 4.79 Å². The van der Waals surface area contributed by atoms with Gasteiger partial charge in [-0.25, -0.2) is 21.5 Å². The van der Waals surface area contributed by atoms with Gasteiger partial charge in [0.25, 0.3) is 5.91 Å². The van der Waals surface area contributed by atoms with E-state index in [9.17, 15) is 30.8 Å². The summed E-state index contributed by atoms with van der Waals surface area (Å²) in [5.74, 6) is -9.21. The summed E-state index contributed by atoms with van der Waals surface area (Å²) in [6, 6.07) is 5.22. The molecule has 0 saturated carbocycles. The van der Waals surface area contributed by atoms with Crippen LogP contribution >= 0.6 is 0 Å². The Labute approximate surface area is 152 Å². The molecule has 0 saturated heterocycles. The molecule has 2 aromatic rings. The zero-order valence-electron chi connectivity index (χ0n) is 14.1. The smallest absolute Gasteiger partial charge is 0.262 e. The molecule has 27 heavy (non-hydrogen) atoms. The summed E-state index contributed by atoms with van der Waals surface area (Å²) in [6.07, 6.45) is 0. The van der Waals surface area contributed by atoms with Crippen molar-refractivity contribution in [1.29, 1.82) is 0 Å². The molecule has 1 amide bonds. The number of carbonyl (C=O) groups is 1. The van der Waals surface area contributed by atoms with Crippen LogP contribution in [0.25, 0.3) is 0 Å². The summed E-state index contributed by atoms with van der Waals surface area (Å²) >= 11 is 0. The van der Waals surface area contributed by atoms with Gasteiger partial charge in [-0.2, -0.15) is 8.78 Å². The Morgan fingerprint density at radius 1 is 1.07 bits per heavy atom. The molecule has 0 bridgehead atoms. The standard InChI is InChI=1S/C16H14F4N2O4S/c1-22(2)27(24,25)10-5-3-4-9(6-10)21-13(23)8-26-16-14(19)11(17)7-12(18)15(16)20/h3-7H,8H2,1-2H3,(H,21,23). The Bertz CT molecular complexity index is 954. The first-order chi connectivity index (χ1) is 12.5. The van der Waals surface area contributed by atoms with Crippen molar-refractivity contribution in [1.82, 2.24) is 4.31 Å². The fourth-order valence-electron chi connectivity index (χ4n) is 1.96. The quantitative estimate of drug-likeness (QED) is 0.591. The molecule has 0 atom stereocenters. The molecule has 0 aromatic heterocycles. The minimum Gasteiger partial charge on any atom is -0.477 e. The lowest BCUT2D eigenvalue weighted by Crippen LogP contribution is -2.23. The van der Waals surface area contributed by atoms with E-state index in [1.54, 1.807) is 0 Å². The first-order valence-electron chi connectivity index (χ1n) is 7.32. The van der Waals surface area contributed by atoms with Crippen LogP contribution in [-0.2, 0) is 14.8 Å². The van der Waals surface area contributed by atoms with E-state index in [4.69, 9.17) is 0 Å². The minimum absolute atomic E-state index is 0.00822. The van der Waals surface area contributed by atoms with Crippen LogP contribution < -0.4 is 10.1 Å². The number of nitrogens with one attached hydrogen (secondary N) is 1. The maximum absolute atomic E-state index is 13.5. The highest BCUT2D eigenvalue weighted by Crippen LogP contribution is 2.26. The number of nitrogens with zero attached hydrogens (tertiary/aromatic N) is 1. The molecule has 0 aliphatic rings. The molecule has 2 rings (SSSR count). The molecular weight excluding hydrogens is 392 g/mol. The van der Waals surface area contributed by atoms with Crippen molar-refractivity contribution < 1.29 is 35.5 Å². The fourth-order valence-corrected chi connectivity index (χ4v) is 2.91. The first kappa shape index (κ1) is 20.6. The van der Waals surface area contributed by atoms with Crippen molar-refractivity contribution in [2.75, 3.05) is 26.0 Å². The predicted octanol–water partition coefficient (Wildman–Crippen LogP) is 2.51. The van der Waals surface area contributed by atoms with E-state index in [2.05, 4.69) is 10.1 Å². The van der Waals surface area contributed by atoms with Gasteiger partial charge in [-0.05, 0) is 18.2 Å². The van der Waals surface area contributed by atoms with Gasteiger partial charge in [0.15, 0.2) is 24.0 Å². The molecule has 146 valence electrons. The zero-order valence-corrected chi connectivity index (χ0v) is 14.9. The highest BCUT2D eigenvalue weighted by atomic mass is 32.2. The summed E-state index contributed by atoms with van der Waals surface area (Å²) in [7, 11) is -1.08. The Morgan fingerprint density at radius 3 is 2.22 bits per heavy atom. The fraction of sp³-hybridized carbons (Fsp3) is 0.188. The van der Waals surface area contributed by atoms with Gasteiger partial charge >= 0.3 is 0 Å². The largest absolute Gasteiger partial charge is 0.477 e. The summed E-state index contributed by atoms with van der Waals surface area (Å²) < 4.78 is 82.7. The second-order valence-corrected chi connectivity index (χ2v) is 7.60. The second kappa shape index (κ2) is 7.92. The van der Waals surface area contributed by atoms with Gasteiger partial charge in [0, 0.05) is 25.8 Å². The van der Waals surface area contributed by atoms with E-state index in [0.29, 0.717) is 0 Å². The molecule has 6 nitrogen and oxygen atoms in total. The van der Waals surface area contributed by atoms with Crippen molar-refractivity contribution in [3.63, 3.8) is 0 Å². The number of sulfonamides is 1.